The maximum absolute atomic E-state index is 12.2. The lowest BCUT2D eigenvalue weighted by atomic mass is 10.1. The lowest BCUT2D eigenvalue weighted by molar-refractivity contribution is -0.161. The molecule has 1 saturated heterocycles. The third kappa shape index (κ3) is 5.70. The Morgan fingerprint density at radius 3 is 2.58 bits per heavy atom. The zero-order valence-electron chi connectivity index (χ0n) is 12.3. The van der Waals surface area contributed by atoms with E-state index in [-0.39, 0.29) is 17.8 Å². The van der Waals surface area contributed by atoms with Crippen molar-refractivity contribution in [1.82, 2.24) is 4.90 Å². The van der Waals surface area contributed by atoms with Gasteiger partial charge in [-0.15, -0.1) is 0 Å². The number of nitrogens with two attached hydrogens (primary N) is 1. The largest absolute Gasteiger partial charge is 0.459 e. The SMILES string of the molecule is CC(C)(C)OC(=O)C(CCCCN)N1CCC(=O)C1. The molecule has 110 valence electrons. The van der Waals surface area contributed by atoms with Crippen LogP contribution in [0.25, 0.3) is 0 Å². The van der Waals surface area contributed by atoms with Crippen molar-refractivity contribution in [3.05, 3.63) is 0 Å². The minimum Gasteiger partial charge on any atom is -0.459 e. The van der Waals surface area contributed by atoms with Gasteiger partial charge in [-0.1, -0.05) is 6.42 Å². The molecule has 0 aromatic rings. The fourth-order valence-corrected chi connectivity index (χ4v) is 2.22. The first-order chi connectivity index (χ1) is 8.83. The second-order valence-corrected chi connectivity index (χ2v) is 6.09. The van der Waals surface area contributed by atoms with Gasteiger partial charge in [0.15, 0.2) is 0 Å². The van der Waals surface area contributed by atoms with E-state index in [1.807, 2.05) is 25.7 Å². The second kappa shape index (κ2) is 7.01. The van der Waals surface area contributed by atoms with Gasteiger partial charge < -0.3 is 10.5 Å². The zero-order chi connectivity index (χ0) is 14.5. The molecule has 0 aromatic carbocycles. The van der Waals surface area contributed by atoms with Gasteiger partial charge in [0.1, 0.15) is 17.4 Å². The van der Waals surface area contributed by atoms with Gasteiger partial charge in [0.25, 0.3) is 0 Å². The van der Waals surface area contributed by atoms with Crippen LogP contribution in [0.2, 0.25) is 0 Å². The van der Waals surface area contributed by atoms with Crippen LogP contribution in [-0.4, -0.2) is 47.9 Å². The predicted octanol–water partition coefficient (Wildman–Crippen LogP) is 1.10. The zero-order valence-corrected chi connectivity index (χ0v) is 12.3. The number of likely N-dealkylation sites (tertiary alicyclic amines) is 1. The summed E-state index contributed by atoms with van der Waals surface area (Å²) < 4.78 is 5.46. The minimum atomic E-state index is -0.493. The van der Waals surface area contributed by atoms with Crippen molar-refractivity contribution < 1.29 is 14.3 Å². The number of hydrogen-bond acceptors (Lipinski definition) is 5. The van der Waals surface area contributed by atoms with E-state index in [0.29, 0.717) is 32.5 Å². The molecule has 0 radical (unpaired) electrons. The van der Waals surface area contributed by atoms with Crippen molar-refractivity contribution in [3.8, 4) is 0 Å². The van der Waals surface area contributed by atoms with E-state index in [0.717, 1.165) is 12.8 Å². The highest BCUT2D eigenvalue weighted by Gasteiger charge is 2.33. The number of nitrogens with zero attached hydrogens (tertiary/aromatic N) is 1. The summed E-state index contributed by atoms with van der Waals surface area (Å²) in [4.78, 5) is 25.6. The molecule has 5 heteroatoms. The van der Waals surface area contributed by atoms with Crippen molar-refractivity contribution >= 4 is 11.8 Å². The Morgan fingerprint density at radius 1 is 1.42 bits per heavy atom. The first-order valence-corrected chi connectivity index (χ1v) is 7.02. The number of ketones is 1. The number of rotatable bonds is 6. The van der Waals surface area contributed by atoms with Crippen LogP contribution in [0, 0.1) is 0 Å². The van der Waals surface area contributed by atoms with Crippen LogP contribution in [0.15, 0.2) is 0 Å². The summed E-state index contributed by atoms with van der Waals surface area (Å²) in [5.41, 5.74) is 4.99. The molecule has 1 aliphatic heterocycles. The third-order valence-corrected chi connectivity index (χ3v) is 3.11. The molecule has 1 rings (SSSR count). The van der Waals surface area contributed by atoms with Gasteiger partial charge in [0.2, 0.25) is 0 Å². The van der Waals surface area contributed by atoms with Gasteiger partial charge >= 0.3 is 5.97 Å². The smallest absolute Gasteiger partial charge is 0.323 e. The molecule has 0 amide bonds. The van der Waals surface area contributed by atoms with Crippen LogP contribution >= 0.6 is 0 Å². The van der Waals surface area contributed by atoms with E-state index in [9.17, 15) is 9.59 Å². The Morgan fingerprint density at radius 2 is 2.11 bits per heavy atom. The molecule has 5 nitrogen and oxygen atoms in total. The van der Waals surface area contributed by atoms with E-state index >= 15 is 0 Å². The summed E-state index contributed by atoms with van der Waals surface area (Å²) in [6, 6.07) is -0.308. The molecule has 0 aromatic heterocycles. The molecule has 0 bridgehead atoms. The van der Waals surface area contributed by atoms with Crippen LogP contribution in [0.1, 0.15) is 46.5 Å². The topological polar surface area (TPSA) is 72.6 Å². The summed E-state index contributed by atoms with van der Waals surface area (Å²) in [6.07, 6.45) is 3.02. The Labute approximate surface area is 115 Å². The Bertz CT molecular complexity index is 323. The fraction of sp³-hybridized carbons (Fsp3) is 0.857. The van der Waals surface area contributed by atoms with Crippen molar-refractivity contribution in [1.29, 1.82) is 0 Å². The van der Waals surface area contributed by atoms with Crippen molar-refractivity contribution in [3.63, 3.8) is 0 Å². The van der Waals surface area contributed by atoms with Crippen LogP contribution < -0.4 is 5.73 Å². The van der Waals surface area contributed by atoms with Crippen LogP contribution in [0.4, 0.5) is 0 Å². The average molecular weight is 270 g/mol. The highest BCUT2D eigenvalue weighted by Crippen LogP contribution is 2.18. The molecule has 1 fully saturated rings. The number of Topliss-reactive ketones (excluding diaryl/α,β-unsaturated/α-hetero) is 1. The van der Waals surface area contributed by atoms with Crippen molar-refractivity contribution in [2.24, 2.45) is 5.73 Å². The van der Waals surface area contributed by atoms with Gasteiger partial charge in [0, 0.05) is 13.0 Å². The molecule has 19 heavy (non-hydrogen) atoms. The van der Waals surface area contributed by atoms with Gasteiger partial charge in [-0.2, -0.15) is 0 Å². The lowest BCUT2D eigenvalue weighted by Crippen LogP contribution is -2.43. The Hall–Kier alpha value is -0.940. The van der Waals surface area contributed by atoms with Crippen molar-refractivity contribution in [2.45, 2.75) is 58.1 Å². The van der Waals surface area contributed by atoms with Crippen LogP contribution in [0.5, 0.6) is 0 Å². The Balaban J connectivity index is 2.62. The van der Waals surface area contributed by atoms with Gasteiger partial charge in [-0.05, 0) is 40.2 Å². The molecule has 0 spiro atoms. The quantitative estimate of drug-likeness (QED) is 0.578. The molecule has 0 saturated carbocycles. The predicted molar refractivity (Wildman–Crippen MR) is 73.7 cm³/mol. The molecule has 1 aliphatic rings. The Kier molecular flexibility index (Phi) is 5.94. The molecule has 1 atom stereocenters. The normalized spacial score (nSPS) is 18.6. The maximum atomic E-state index is 12.2. The number of carbonyl (C=O) groups excluding carboxylic acids is 2. The van der Waals surface area contributed by atoms with Crippen LogP contribution in [-0.2, 0) is 14.3 Å². The highest BCUT2D eigenvalue weighted by atomic mass is 16.6. The molecule has 1 heterocycles. The summed E-state index contributed by atoms with van der Waals surface area (Å²) >= 11 is 0. The molecule has 0 aliphatic carbocycles. The number of unbranched alkanes of at least 4 members (excludes halogenated alkanes) is 1. The summed E-state index contributed by atoms with van der Waals surface area (Å²) in [5.74, 6) is -0.0217. The summed E-state index contributed by atoms with van der Waals surface area (Å²) in [7, 11) is 0. The van der Waals surface area contributed by atoms with E-state index in [4.69, 9.17) is 10.5 Å². The third-order valence-electron chi connectivity index (χ3n) is 3.11. The summed E-state index contributed by atoms with van der Waals surface area (Å²) in [5, 5.41) is 0. The van der Waals surface area contributed by atoms with Crippen LogP contribution in [0.3, 0.4) is 0 Å². The molecular formula is C14H26N2O3. The molecule has 1 unspecified atom stereocenters. The first-order valence-electron chi connectivity index (χ1n) is 7.02. The second-order valence-electron chi connectivity index (χ2n) is 6.09. The van der Waals surface area contributed by atoms with Gasteiger partial charge in [-0.25, -0.2) is 0 Å². The van der Waals surface area contributed by atoms with E-state index < -0.39 is 5.60 Å². The fourth-order valence-electron chi connectivity index (χ4n) is 2.22. The minimum absolute atomic E-state index is 0.201. The van der Waals surface area contributed by atoms with E-state index in [2.05, 4.69) is 0 Å². The number of esters is 1. The molecular weight excluding hydrogens is 244 g/mol. The number of carbonyl (C=O) groups is 2. The standard InChI is InChI=1S/C14H26N2O3/c1-14(2,3)19-13(18)12(6-4-5-8-15)16-9-7-11(17)10-16/h12H,4-10,15H2,1-3H3. The first kappa shape index (κ1) is 16.1. The average Bonchev–Trinajstić information content (AvgIpc) is 2.68. The van der Waals surface area contributed by atoms with Gasteiger partial charge in [0.05, 0.1) is 6.54 Å². The van der Waals surface area contributed by atoms with E-state index in [1.54, 1.807) is 0 Å². The number of ether oxygens (including phenoxy) is 1. The van der Waals surface area contributed by atoms with Crippen molar-refractivity contribution in [2.75, 3.05) is 19.6 Å². The van der Waals surface area contributed by atoms with E-state index in [1.165, 1.54) is 0 Å². The highest BCUT2D eigenvalue weighted by molar-refractivity contribution is 5.84. The number of hydrogen-bond donors (Lipinski definition) is 1. The monoisotopic (exact) mass is 270 g/mol. The lowest BCUT2D eigenvalue weighted by Gasteiger charge is -2.29. The maximum Gasteiger partial charge on any atom is 0.323 e. The van der Waals surface area contributed by atoms with Gasteiger partial charge in [-0.3, -0.25) is 14.5 Å². The molecule has 2 N–H and O–H groups in total. The summed E-state index contributed by atoms with van der Waals surface area (Å²) in [6.45, 7) is 7.23.